The fourth-order valence-electron chi connectivity index (χ4n) is 1.58. The van der Waals surface area contributed by atoms with E-state index in [0.717, 1.165) is 19.6 Å². The molecule has 8 nitrogen and oxygen atoms in total. The van der Waals surface area contributed by atoms with Crippen LogP contribution in [0.25, 0.3) is 0 Å². The second-order valence-corrected chi connectivity index (χ2v) is 4.32. The van der Waals surface area contributed by atoms with Crippen LogP contribution in [0.2, 0.25) is 0 Å². The number of rotatable bonds is 5. The maximum Gasteiger partial charge on any atom is 0.323 e. The molecule has 0 spiro atoms. The van der Waals surface area contributed by atoms with Crippen molar-refractivity contribution in [3.05, 3.63) is 0 Å². The van der Waals surface area contributed by atoms with Gasteiger partial charge >= 0.3 is 6.01 Å². The van der Waals surface area contributed by atoms with Crippen LogP contribution in [0.1, 0.15) is 6.42 Å². The van der Waals surface area contributed by atoms with E-state index in [0.29, 0.717) is 18.5 Å². The molecule has 18 heavy (non-hydrogen) atoms. The molecule has 1 unspecified atom stereocenters. The third-order valence-electron chi connectivity index (χ3n) is 2.60. The van der Waals surface area contributed by atoms with Gasteiger partial charge in [-0.3, -0.25) is 5.43 Å². The average Bonchev–Trinajstić information content (AvgIpc) is 2.89. The third-order valence-corrected chi connectivity index (χ3v) is 2.60. The van der Waals surface area contributed by atoms with Crippen LogP contribution in [0.4, 0.5) is 11.9 Å². The fourth-order valence-corrected chi connectivity index (χ4v) is 1.58. The number of nitrogens with zero attached hydrogens (tertiary/aromatic N) is 4. The van der Waals surface area contributed by atoms with Crippen molar-refractivity contribution in [2.24, 2.45) is 11.8 Å². The number of hydrogen-bond acceptors (Lipinski definition) is 8. The zero-order valence-corrected chi connectivity index (χ0v) is 10.6. The van der Waals surface area contributed by atoms with E-state index in [2.05, 4.69) is 20.4 Å². The molecule has 0 amide bonds. The summed E-state index contributed by atoms with van der Waals surface area (Å²) in [6.07, 6.45) is 1.01. The SMILES string of the molecule is CN(C)c1nc(NN)nc(OCC2CCOC2)n1. The quantitative estimate of drug-likeness (QED) is 0.543. The molecular weight excluding hydrogens is 236 g/mol. The van der Waals surface area contributed by atoms with Crippen molar-refractivity contribution in [1.82, 2.24) is 15.0 Å². The van der Waals surface area contributed by atoms with E-state index in [1.54, 1.807) is 4.90 Å². The predicted octanol–water partition coefficient (Wildman–Crippen LogP) is -0.361. The van der Waals surface area contributed by atoms with Gasteiger partial charge in [0.05, 0.1) is 13.2 Å². The first-order chi connectivity index (χ1) is 8.69. The Morgan fingerprint density at radius 2 is 2.28 bits per heavy atom. The van der Waals surface area contributed by atoms with Gasteiger partial charge in [0.2, 0.25) is 11.9 Å². The second kappa shape index (κ2) is 5.78. The van der Waals surface area contributed by atoms with E-state index in [-0.39, 0.29) is 12.0 Å². The molecule has 2 rings (SSSR count). The number of hydrazine groups is 1. The Hall–Kier alpha value is -1.67. The molecule has 8 heteroatoms. The topological polar surface area (TPSA) is 98.4 Å². The van der Waals surface area contributed by atoms with Crippen LogP contribution in [0.15, 0.2) is 0 Å². The van der Waals surface area contributed by atoms with Crippen molar-refractivity contribution in [3.8, 4) is 6.01 Å². The number of nitrogens with two attached hydrogens (primary N) is 1. The van der Waals surface area contributed by atoms with Gasteiger partial charge in [-0.1, -0.05) is 0 Å². The summed E-state index contributed by atoms with van der Waals surface area (Å²) in [6, 6.07) is 0.272. The largest absolute Gasteiger partial charge is 0.463 e. The monoisotopic (exact) mass is 254 g/mol. The summed E-state index contributed by atoms with van der Waals surface area (Å²) >= 11 is 0. The number of anilines is 2. The molecule has 0 aliphatic carbocycles. The van der Waals surface area contributed by atoms with Gasteiger partial charge in [-0.05, 0) is 6.42 Å². The van der Waals surface area contributed by atoms with Crippen molar-refractivity contribution in [2.75, 3.05) is 44.2 Å². The van der Waals surface area contributed by atoms with Gasteiger partial charge in [-0.25, -0.2) is 5.84 Å². The van der Waals surface area contributed by atoms with Crippen LogP contribution in [-0.2, 0) is 4.74 Å². The van der Waals surface area contributed by atoms with E-state index in [1.165, 1.54) is 0 Å². The van der Waals surface area contributed by atoms with Crippen LogP contribution in [0.5, 0.6) is 6.01 Å². The Balaban J connectivity index is 2.03. The summed E-state index contributed by atoms with van der Waals surface area (Å²) in [5.74, 6) is 6.49. The molecule has 1 atom stereocenters. The number of aromatic nitrogens is 3. The Labute approximate surface area is 105 Å². The van der Waals surface area contributed by atoms with Crippen LogP contribution in [-0.4, -0.2) is 48.9 Å². The van der Waals surface area contributed by atoms with Crippen LogP contribution in [0.3, 0.4) is 0 Å². The van der Waals surface area contributed by atoms with Crippen LogP contribution < -0.4 is 20.9 Å². The lowest BCUT2D eigenvalue weighted by Gasteiger charge is -2.13. The highest BCUT2D eigenvalue weighted by Gasteiger charge is 2.17. The smallest absolute Gasteiger partial charge is 0.323 e. The highest BCUT2D eigenvalue weighted by Crippen LogP contribution is 2.16. The Morgan fingerprint density at radius 3 is 2.89 bits per heavy atom. The van der Waals surface area contributed by atoms with Gasteiger partial charge < -0.3 is 14.4 Å². The lowest BCUT2D eigenvalue weighted by Crippen LogP contribution is -2.19. The van der Waals surface area contributed by atoms with E-state index in [1.807, 2.05) is 14.1 Å². The lowest BCUT2D eigenvalue weighted by molar-refractivity contribution is 0.163. The first kappa shape index (κ1) is 12.8. The molecule has 0 bridgehead atoms. The molecular formula is C10H18N6O2. The van der Waals surface area contributed by atoms with E-state index >= 15 is 0 Å². The highest BCUT2D eigenvalue weighted by molar-refractivity contribution is 5.35. The summed E-state index contributed by atoms with van der Waals surface area (Å²) in [5, 5.41) is 0. The summed E-state index contributed by atoms with van der Waals surface area (Å²) in [6.45, 7) is 2.07. The summed E-state index contributed by atoms with van der Waals surface area (Å²) in [4.78, 5) is 14.1. The highest BCUT2D eigenvalue weighted by atomic mass is 16.5. The number of nitrogen functional groups attached to an aromatic ring is 1. The summed E-state index contributed by atoms with van der Waals surface area (Å²) in [7, 11) is 3.68. The second-order valence-electron chi connectivity index (χ2n) is 4.32. The summed E-state index contributed by atoms with van der Waals surface area (Å²) in [5.41, 5.74) is 2.40. The molecule has 1 aromatic rings. The molecule has 1 aromatic heterocycles. The number of ether oxygens (including phenoxy) is 2. The Bertz CT molecular complexity index is 394. The molecule has 3 N–H and O–H groups in total. The van der Waals surface area contributed by atoms with E-state index in [4.69, 9.17) is 15.3 Å². The fraction of sp³-hybridized carbons (Fsp3) is 0.700. The molecule has 0 saturated carbocycles. The first-order valence-electron chi connectivity index (χ1n) is 5.79. The van der Waals surface area contributed by atoms with Gasteiger partial charge in [0.25, 0.3) is 0 Å². The van der Waals surface area contributed by atoms with Crippen molar-refractivity contribution >= 4 is 11.9 Å². The number of nitrogens with one attached hydrogen (secondary N) is 1. The van der Waals surface area contributed by atoms with Crippen molar-refractivity contribution < 1.29 is 9.47 Å². The average molecular weight is 254 g/mol. The molecule has 0 radical (unpaired) electrons. The Morgan fingerprint density at radius 1 is 1.44 bits per heavy atom. The third kappa shape index (κ3) is 3.17. The molecule has 1 saturated heterocycles. The van der Waals surface area contributed by atoms with Gasteiger partial charge in [0.1, 0.15) is 0 Å². The van der Waals surface area contributed by atoms with E-state index in [9.17, 15) is 0 Å². The summed E-state index contributed by atoms with van der Waals surface area (Å²) < 4.78 is 10.8. The molecule has 100 valence electrons. The van der Waals surface area contributed by atoms with E-state index < -0.39 is 0 Å². The normalized spacial score (nSPS) is 18.7. The minimum Gasteiger partial charge on any atom is -0.463 e. The van der Waals surface area contributed by atoms with Crippen LogP contribution in [0, 0.1) is 5.92 Å². The molecule has 2 heterocycles. The van der Waals surface area contributed by atoms with Crippen molar-refractivity contribution in [1.29, 1.82) is 0 Å². The standard InChI is InChI=1S/C10H18N6O2/c1-16(2)9-12-8(15-11)13-10(14-9)18-6-7-3-4-17-5-7/h7H,3-6,11H2,1-2H3,(H,12,13,14,15). The van der Waals surface area contributed by atoms with Crippen LogP contribution >= 0.6 is 0 Å². The molecule has 1 fully saturated rings. The van der Waals surface area contributed by atoms with Gasteiger partial charge in [0.15, 0.2) is 0 Å². The maximum absolute atomic E-state index is 5.56. The minimum absolute atomic E-state index is 0.272. The molecule has 1 aliphatic heterocycles. The lowest BCUT2D eigenvalue weighted by atomic mass is 10.1. The Kier molecular flexibility index (Phi) is 4.11. The minimum atomic E-state index is 0.272. The number of hydrogen-bond donors (Lipinski definition) is 2. The predicted molar refractivity (Wildman–Crippen MR) is 66.4 cm³/mol. The zero-order valence-electron chi connectivity index (χ0n) is 10.6. The zero-order chi connectivity index (χ0) is 13.0. The molecule has 0 aromatic carbocycles. The van der Waals surface area contributed by atoms with Gasteiger partial charge in [0, 0.05) is 26.6 Å². The van der Waals surface area contributed by atoms with Crippen molar-refractivity contribution in [2.45, 2.75) is 6.42 Å². The maximum atomic E-state index is 5.56. The van der Waals surface area contributed by atoms with Gasteiger partial charge in [-0.2, -0.15) is 15.0 Å². The first-order valence-corrected chi connectivity index (χ1v) is 5.79. The van der Waals surface area contributed by atoms with Crippen molar-refractivity contribution in [3.63, 3.8) is 0 Å². The molecule has 1 aliphatic rings. The van der Waals surface area contributed by atoms with Gasteiger partial charge in [-0.15, -0.1) is 0 Å².